The summed E-state index contributed by atoms with van der Waals surface area (Å²) in [6.07, 6.45) is 1.68. The SMILES string of the molecule is CCSc1cc2c(cn1)c(=O)cc(Nc1ccccc1)n2-c1ccccc1. The number of thioether (sulfide) groups is 1. The molecule has 0 radical (unpaired) electrons. The summed E-state index contributed by atoms with van der Waals surface area (Å²) in [5, 5.41) is 4.91. The number of hydrogen-bond acceptors (Lipinski definition) is 4. The van der Waals surface area contributed by atoms with E-state index in [1.807, 2.05) is 66.7 Å². The summed E-state index contributed by atoms with van der Waals surface area (Å²) in [5.74, 6) is 1.65. The highest BCUT2D eigenvalue weighted by Gasteiger charge is 2.13. The van der Waals surface area contributed by atoms with Gasteiger partial charge in [0.2, 0.25) is 0 Å². The molecule has 0 unspecified atom stereocenters. The van der Waals surface area contributed by atoms with Crippen molar-refractivity contribution in [3.63, 3.8) is 0 Å². The summed E-state index contributed by atoms with van der Waals surface area (Å²) in [6.45, 7) is 2.09. The first-order valence-corrected chi connectivity index (χ1v) is 9.81. The molecule has 2 heterocycles. The van der Waals surface area contributed by atoms with Gasteiger partial charge in [-0.2, -0.15) is 0 Å². The minimum atomic E-state index is -0.0452. The molecule has 0 amide bonds. The van der Waals surface area contributed by atoms with Crippen molar-refractivity contribution in [2.24, 2.45) is 0 Å². The number of para-hydroxylation sites is 2. The van der Waals surface area contributed by atoms with E-state index in [0.29, 0.717) is 5.39 Å². The van der Waals surface area contributed by atoms with Gasteiger partial charge in [-0.15, -0.1) is 11.8 Å². The molecule has 4 aromatic rings. The zero-order chi connectivity index (χ0) is 18.6. The number of nitrogens with zero attached hydrogens (tertiary/aromatic N) is 2. The maximum Gasteiger partial charge on any atom is 0.193 e. The van der Waals surface area contributed by atoms with Gasteiger partial charge in [0.1, 0.15) is 5.82 Å². The molecule has 0 bridgehead atoms. The summed E-state index contributed by atoms with van der Waals surface area (Å²) in [5.41, 5.74) is 2.71. The van der Waals surface area contributed by atoms with E-state index in [1.54, 1.807) is 24.0 Å². The quantitative estimate of drug-likeness (QED) is 0.486. The Labute approximate surface area is 161 Å². The summed E-state index contributed by atoms with van der Waals surface area (Å²) < 4.78 is 2.07. The second-order valence-electron chi connectivity index (χ2n) is 6.03. The molecule has 4 rings (SSSR count). The highest BCUT2D eigenvalue weighted by atomic mass is 32.2. The molecular formula is C22H19N3OS. The zero-order valence-electron chi connectivity index (χ0n) is 14.9. The molecule has 0 spiro atoms. The molecule has 0 saturated heterocycles. The van der Waals surface area contributed by atoms with Gasteiger partial charge >= 0.3 is 0 Å². The lowest BCUT2D eigenvalue weighted by molar-refractivity contribution is 1.07. The van der Waals surface area contributed by atoms with Crippen molar-refractivity contribution >= 4 is 34.2 Å². The molecule has 134 valence electrons. The van der Waals surface area contributed by atoms with Crippen LogP contribution in [-0.4, -0.2) is 15.3 Å². The van der Waals surface area contributed by atoms with Crippen molar-refractivity contribution in [1.29, 1.82) is 0 Å². The number of anilines is 2. The molecule has 0 aliphatic heterocycles. The monoisotopic (exact) mass is 373 g/mol. The van der Waals surface area contributed by atoms with E-state index in [2.05, 4.69) is 21.8 Å². The normalized spacial score (nSPS) is 10.9. The van der Waals surface area contributed by atoms with E-state index in [-0.39, 0.29) is 5.43 Å². The average molecular weight is 373 g/mol. The Balaban J connectivity index is 1.99. The highest BCUT2D eigenvalue weighted by molar-refractivity contribution is 7.99. The van der Waals surface area contributed by atoms with E-state index in [1.165, 1.54) is 0 Å². The third-order valence-corrected chi connectivity index (χ3v) is 5.03. The molecule has 0 aliphatic carbocycles. The summed E-state index contributed by atoms with van der Waals surface area (Å²) >= 11 is 1.66. The van der Waals surface area contributed by atoms with Crippen molar-refractivity contribution < 1.29 is 0 Å². The van der Waals surface area contributed by atoms with Crippen molar-refractivity contribution in [3.05, 3.63) is 89.2 Å². The maximum absolute atomic E-state index is 12.7. The van der Waals surface area contributed by atoms with Crippen LogP contribution in [0.5, 0.6) is 0 Å². The molecule has 0 saturated carbocycles. The standard InChI is InChI=1S/C22H19N3OS/c1-2-27-22-13-19-18(15-23-22)20(26)14-21(24-16-9-5-3-6-10-16)25(19)17-11-7-4-8-12-17/h3-15,24H,2H2,1H3. The number of hydrogen-bond donors (Lipinski definition) is 1. The van der Waals surface area contributed by atoms with Gasteiger partial charge in [0.25, 0.3) is 0 Å². The molecule has 5 heteroatoms. The van der Waals surface area contributed by atoms with Crippen molar-refractivity contribution in [2.45, 2.75) is 11.9 Å². The lowest BCUT2D eigenvalue weighted by Gasteiger charge is -2.18. The minimum absolute atomic E-state index is 0.0452. The van der Waals surface area contributed by atoms with Gasteiger partial charge in [0, 0.05) is 23.6 Å². The average Bonchev–Trinajstić information content (AvgIpc) is 2.70. The first-order valence-electron chi connectivity index (χ1n) is 8.82. The van der Waals surface area contributed by atoms with E-state index in [4.69, 9.17) is 0 Å². The molecular weight excluding hydrogens is 354 g/mol. The van der Waals surface area contributed by atoms with Gasteiger partial charge in [-0.1, -0.05) is 43.3 Å². The first-order chi connectivity index (χ1) is 13.3. The number of pyridine rings is 2. The first kappa shape index (κ1) is 17.4. The number of nitrogens with one attached hydrogen (secondary N) is 1. The fourth-order valence-electron chi connectivity index (χ4n) is 3.04. The van der Waals surface area contributed by atoms with E-state index in [0.717, 1.165) is 33.5 Å². The van der Waals surface area contributed by atoms with Crippen LogP contribution in [0.2, 0.25) is 0 Å². The van der Waals surface area contributed by atoms with Crippen LogP contribution in [0.4, 0.5) is 11.5 Å². The molecule has 27 heavy (non-hydrogen) atoms. The van der Waals surface area contributed by atoms with Crippen LogP contribution < -0.4 is 10.7 Å². The van der Waals surface area contributed by atoms with Crippen LogP contribution in [0.25, 0.3) is 16.6 Å². The number of rotatable bonds is 5. The van der Waals surface area contributed by atoms with Gasteiger partial charge < -0.3 is 5.32 Å². The van der Waals surface area contributed by atoms with E-state index < -0.39 is 0 Å². The lowest BCUT2D eigenvalue weighted by atomic mass is 10.2. The molecule has 0 atom stereocenters. The van der Waals surface area contributed by atoms with Crippen LogP contribution >= 0.6 is 11.8 Å². The van der Waals surface area contributed by atoms with Crippen molar-refractivity contribution in [3.8, 4) is 5.69 Å². The molecule has 2 aromatic heterocycles. The maximum atomic E-state index is 12.7. The third-order valence-electron chi connectivity index (χ3n) is 4.22. The summed E-state index contributed by atoms with van der Waals surface area (Å²) in [4.78, 5) is 17.2. The van der Waals surface area contributed by atoms with E-state index in [9.17, 15) is 4.79 Å². The molecule has 4 nitrogen and oxygen atoms in total. The lowest BCUT2D eigenvalue weighted by Crippen LogP contribution is -2.13. The Morgan fingerprint density at radius 2 is 1.70 bits per heavy atom. The Bertz CT molecular complexity index is 1120. The van der Waals surface area contributed by atoms with Gasteiger partial charge in [-0.3, -0.25) is 9.36 Å². The summed E-state index contributed by atoms with van der Waals surface area (Å²) in [6, 6.07) is 23.5. The van der Waals surface area contributed by atoms with Gasteiger partial charge in [-0.05, 0) is 36.1 Å². The zero-order valence-corrected chi connectivity index (χ0v) is 15.7. The van der Waals surface area contributed by atoms with Crippen molar-refractivity contribution in [2.75, 3.05) is 11.1 Å². The van der Waals surface area contributed by atoms with Gasteiger partial charge in [0.15, 0.2) is 5.43 Å². The van der Waals surface area contributed by atoms with Crippen LogP contribution in [0.3, 0.4) is 0 Å². The van der Waals surface area contributed by atoms with E-state index >= 15 is 0 Å². The van der Waals surface area contributed by atoms with Crippen LogP contribution in [0, 0.1) is 0 Å². The van der Waals surface area contributed by atoms with Crippen LogP contribution in [-0.2, 0) is 0 Å². The smallest absolute Gasteiger partial charge is 0.193 e. The number of aromatic nitrogens is 2. The second kappa shape index (κ2) is 7.68. The predicted octanol–water partition coefficient (Wildman–Crippen LogP) is 5.24. The Morgan fingerprint density at radius 1 is 1.00 bits per heavy atom. The van der Waals surface area contributed by atoms with Crippen LogP contribution in [0.15, 0.2) is 88.8 Å². The Morgan fingerprint density at radius 3 is 2.41 bits per heavy atom. The number of fused-ring (bicyclic) bond motifs is 1. The third kappa shape index (κ3) is 3.59. The van der Waals surface area contributed by atoms with Gasteiger partial charge in [-0.25, -0.2) is 4.98 Å². The largest absolute Gasteiger partial charge is 0.341 e. The topological polar surface area (TPSA) is 46.9 Å². The minimum Gasteiger partial charge on any atom is -0.341 e. The van der Waals surface area contributed by atoms with Gasteiger partial charge in [0.05, 0.1) is 15.9 Å². The number of benzene rings is 2. The predicted molar refractivity (Wildman–Crippen MR) is 113 cm³/mol. The second-order valence-corrected chi connectivity index (χ2v) is 7.31. The molecule has 1 N–H and O–H groups in total. The Kier molecular flexibility index (Phi) is 4.94. The van der Waals surface area contributed by atoms with Crippen LogP contribution in [0.1, 0.15) is 6.92 Å². The summed E-state index contributed by atoms with van der Waals surface area (Å²) in [7, 11) is 0. The molecule has 2 aromatic carbocycles. The molecule has 0 fully saturated rings. The fraction of sp³-hybridized carbons (Fsp3) is 0.0909. The van der Waals surface area contributed by atoms with Crippen molar-refractivity contribution in [1.82, 2.24) is 9.55 Å². The Hall–Kier alpha value is -3.05. The highest BCUT2D eigenvalue weighted by Crippen LogP contribution is 2.27. The fourth-order valence-corrected chi connectivity index (χ4v) is 3.66. The molecule has 0 aliphatic rings.